The summed E-state index contributed by atoms with van der Waals surface area (Å²) in [5.41, 5.74) is 0. The quantitative estimate of drug-likeness (QED) is 0.0262. The smallest absolute Gasteiger partial charge is 0.306 e. The van der Waals surface area contributed by atoms with E-state index in [1.54, 1.807) is 0 Å². The van der Waals surface area contributed by atoms with E-state index in [4.69, 9.17) is 14.2 Å². The fourth-order valence-corrected chi connectivity index (χ4v) is 8.40. The van der Waals surface area contributed by atoms with Crippen molar-refractivity contribution < 1.29 is 28.6 Å². The summed E-state index contributed by atoms with van der Waals surface area (Å²) in [6, 6.07) is 0. The van der Waals surface area contributed by atoms with Crippen LogP contribution in [0.2, 0.25) is 0 Å². The van der Waals surface area contributed by atoms with Crippen LogP contribution in [0.25, 0.3) is 0 Å². The Kier molecular flexibility index (Phi) is 51.7. The summed E-state index contributed by atoms with van der Waals surface area (Å²) in [5, 5.41) is 0. The summed E-state index contributed by atoms with van der Waals surface area (Å²) >= 11 is 0. The summed E-state index contributed by atoms with van der Waals surface area (Å²) in [6.07, 6.45) is 61.8. The van der Waals surface area contributed by atoms with Crippen molar-refractivity contribution in [3.8, 4) is 0 Å². The zero-order valence-electron chi connectivity index (χ0n) is 43.1. The van der Waals surface area contributed by atoms with Crippen LogP contribution in [-0.4, -0.2) is 37.2 Å². The van der Waals surface area contributed by atoms with E-state index in [1.807, 2.05) is 0 Å². The first-order valence-electron chi connectivity index (χ1n) is 28.3. The van der Waals surface area contributed by atoms with Crippen LogP contribution in [0.15, 0.2) is 24.3 Å². The van der Waals surface area contributed by atoms with E-state index in [0.717, 1.165) is 83.5 Å². The minimum absolute atomic E-state index is 0.0721. The molecule has 0 heterocycles. The third-order valence-corrected chi connectivity index (χ3v) is 12.7. The van der Waals surface area contributed by atoms with Crippen LogP contribution in [0.3, 0.4) is 0 Å². The van der Waals surface area contributed by atoms with E-state index in [9.17, 15) is 14.4 Å². The Morgan fingerprint density at radius 2 is 0.578 bits per heavy atom. The van der Waals surface area contributed by atoms with Gasteiger partial charge in [0.15, 0.2) is 6.10 Å². The Morgan fingerprint density at radius 1 is 0.312 bits per heavy atom. The van der Waals surface area contributed by atoms with E-state index in [2.05, 4.69) is 45.1 Å². The lowest BCUT2D eigenvalue weighted by Gasteiger charge is -2.18. The van der Waals surface area contributed by atoms with E-state index in [0.29, 0.717) is 19.3 Å². The second-order valence-electron chi connectivity index (χ2n) is 19.2. The van der Waals surface area contributed by atoms with Crippen molar-refractivity contribution in [1.82, 2.24) is 0 Å². The second kappa shape index (κ2) is 53.5. The van der Waals surface area contributed by atoms with Crippen LogP contribution in [0.5, 0.6) is 0 Å². The van der Waals surface area contributed by atoms with Gasteiger partial charge in [0.05, 0.1) is 0 Å². The molecule has 0 bridgehead atoms. The monoisotopic (exact) mass is 901 g/mol. The predicted molar refractivity (Wildman–Crippen MR) is 275 cm³/mol. The van der Waals surface area contributed by atoms with Crippen molar-refractivity contribution in [2.45, 2.75) is 316 Å². The molecule has 0 radical (unpaired) electrons. The highest BCUT2D eigenvalue weighted by atomic mass is 16.6. The number of allylic oxidation sites excluding steroid dienone is 4. The molecule has 0 aliphatic heterocycles. The second-order valence-corrected chi connectivity index (χ2v) is 19.2. The molecule has 6 heteroatoms. The van der Waals surface area contributed by atoms with Crippen molar-refractivity contribution >= 4 is 17.9 Å². The number of carbonyl (C=O) groups is 3. The molecule has 6 nitrogen and oxygen atoms in total. The van der Waals surface area contributed by atoms with Crippen molar-refractivity contribution in [1.29, 1.82) is 0 Å². The molecule has 0 saturated heterocycles. The molecule has 0 aliphatic rings. The highest BCUT2D eigenvalue weighted by Gasteiger charge is 2.19. The van der Waals surface area contributed by atoms with Gasteiger partial charge >= 0.3 is 17.9 Å². The average Bonchev–Trinajstić information content (AvgIpc) is 3.29. The highest BCUT2D eigenvalue weighted by Crippen LogP contribution is 2.17. The lowest BCUT2D eigenvalue weighted by molar-refractivity contribution is -0.167. The molecule has 0 saturated carbocycles. The fourth-order valence-electron chi connectivity index (χ4n) is 8.40. The minimum atomic E-state index is -0.772. The number of ether oxygens (including phenoxy) is 3. The number of rotatable bonds is 52. The van der Waals surface area contributed by atoms with Gasteiger partial charge < -0.3 is 14.2 Å². The van der Waals surface area contributed by atoms with Gasteiger partial charge in [0.2, 0.25) is 0 Å². The molecule has 0 aromatic heterocycles. The molecule has 376 valence electrons. The first-order valence-corrected chi connectivity index (χ1v) is 28.3. The van der Waals surface area contributed by atoms with Crippen molar-refractivity contribution in [2.24, 2.45) is 0 Å². The molecule has 0 aromatic carbocycles. The lowest BCUT2D eigenvalue weighted by atomic mass is 10.0. The molecule has 0 aromatic rings. The third-order valence-electron chi connectivity index (χ3n) is 12.7. The van der Waals surface area contributed by atoms with Gasteiger partial charge in [0.25, 0.3) is 0 Å². The molecule has 1 unspecified atom stereocenters. The standard InChI is InChI=1S/C58H108O6/c1-4-7-10-13-16-19-21-23-25-26-27-28-29-30-31-32-33-35-36-39-42-45-48-51-57(60)63-54-55(53-62-56(59)50-47-44-41-38-18-15-12-9-6-3)64-58(61)52-49-46-43-40-37-34-24-22-20-17-14-11-8-5-2/h14,17,22,24,55H,4-13,15-16,18-21,23,25-54H2,1-3H3/b17-14-,24-22-. The molecule has 0 fully saturated rings. The number of esters is 3. The largest absolute Gasteiger partial charge is 0.462 e. The maximum Gasteiger partial charge on any atom is 0.306 e. The van der Waals surface area contributed by atoms with Crippen LogP contribution in [-0.2, 0) is 28.6 Å². The number of carbonyl (C=O) groups excluding carboxylic acids is 3. The molecule has 0 aliphatic carbocycles. The molecule has 0 rings (SSSR count). The topological polar surface area (TPSA) is 78.9 Å². The Labute approximate surface area is 398 Å². The highest BCUT2D eigenvalue weighted by molar-refractivity contribution is 5.71. The average molecular weight is 901 g/mol. The molecule has 0 N–H and O–H groups in total. The van der Waals surface area contributed by atoms with Gasteiger partial charge in [-0.3, -0.25) is 14.4 Å². The number of hydrogen-bond acceptors (Lipinski definition) is 6. The van der Waals surface area contributed by atoms with Crippen molar-refractivity contribution in [2.75, 3.05) is 13.2 Å². The Balaban J connectivity index is 4.17. The Bertz CT molecular complexity index is 1040. The van der Waals surface area contributed by atoms with Crippen LogP contribution in [0.1, 0.15) is 310 Å². The van der Waals surface area contributed by atoms with Crippen molar-refractivity contribution in [3.05, 3.63) is 24.3 Å². The van der Waals surface area contributed by atoms with E-state index in [-0.39, 0.29) is 31.1 Å². The van der Waals surface area contributed by atoms with Gasteiger partial charge in [-0.1, -0.05) is 270 Å². The first-order chi connectivity index (χ1) is 31.5. The molecule has 0 spiro atoms. The van der Waals surface area contributed by atoms with E-state index >= 15 is 0 Å². The maximum atomic E-state index is 12.8. The third kappa shape index (κ3) is 50.9. The Hall–Kier alpha value is -2.11. The number of unbranched alkanes of at least 4 members (excludes halogenated alkanes) is 37. The lowest BCUT2D eigenvalue weighted by Crippen LogP contribution is -2.30. The summed E-state index contributed by atoms with van der Waals surface area (Å²) in [7, 11) is 0. The van der Waals surface area contributed by atoms with Crippen LogP contribution >= 0.6 is 0 Å². The van der Waals surface area contributed by atoms with Crippen LogP contribution in [0, 0.1) is 0 Å². The van der Waals surface area contributed by atoms with Crippen LogP contribution < -0.4 is 0 Å². The van der Waals surface area contributed by atoms with E-state index < -0.39 is 6.10 Å². The van der Waals surface area contributed by atoms with Crippen LogP contribution in [0.4, 0.5) is 0 Å². The van der Waals surface area contributed by atoms with Crippen molar-refractivity contribution in [3.63, 3.8) is 0 Å². The summed E-state index contributed by atoms with van der Waals surface area (Å²) in [4.78, 5) is 38.0. The molecular weight excluding hydrogens is 793 g/mol. The SMILES string of the molecule is CCCC/C=C\C/C=C\CCCCCCCC(=O)OC(COC(=O)CCCCCCCCCCC)COC(=O)CCCCCCCCCCCCCCCCCCCCCCCCC. The molecule has 0 amide bonds. The summed E-state index contributed by atoms with van der Waals surface area (Å²) in [6.45, 7) is 6.61. The number of hydrogen-bond donors (Lipinski definition) is 0. The van der Waals surface area contributed by atoms with Gasteiger partial charge in [-0.25, -0.2) is 0 Å². The minimum Gasteiger partial charge on any atom is -0.462 e. The normalized spacial score (nSPS) is 12.1. The van der Waals surface area contributed by atoms with Gasteiger partial charge in [0, 0.05) is 19.3 Å². The maximum absolute atomic E-state index is 12.8. The first kappa shape index (κ1) is 61.9. The zero-order valence-corrected chi connectivity index (χ0v) is 43.1. The van der Waals surface area contributed by atoms with Gasteiger partial charge in [-0.2, -0.15) is 0 Å². The molecule has 64 heavy (non-hydrogen) atoms. The summed E-state index contributed by atoms with van der Waals surface area (Å²) in [5.74, 6) is -0.872. The molecule has 1 atom stereocenters. The van der Waals surface area contributed by atoms with Gasteiger partial charge in [-0.05, 0) is 44.9 Å². The zero-order chi connectivity index (χ0) is 46.5. The predicted octanol–water partition coefficient (Wildman–Crippen LogP) is 18.7. The fraction of sp³-hybridized carbons (Fsp3) is 0.879. The van der Waals surface area contributed by atoms with E-state index in [1.165, 1.54) is 186 Å². The van der Waals surface area contributed by atoms with Gasteiger partial charge in [-0.15, -0.1) is 0 Å². The van der Waals surface area contributed by atoms with Gasteiger partial charge in [0.1, 0.15) is 13.2 Å². The molecular formula is C58H108O6. The summed E-state index contributed by atoms with van der Waals surface area (Å²) < 4.78 is 16.8. The Morgan fingerprint density at radius 3 is 0.906 bits per heavy atom.